The summed E-state index contributed by atoms with van der Waals surface area (Å²) in [5.74, 6) is 0.984. The summed E-state index contributed by atoms with van der Waals surface area (Å²) in [5.41, 5.74) is 1.03. The van der Waals surface area contributed by atoms with Gasteiger partial charge in [0.2, 0.25) is 11.8 Å². The number of amides is 2. The number of likely N-dealkylation sites (N-methyl/N-ethyl adjacent to an activating group) is 1. The Hall–Kier alpha value is -1.49. The van der Waals surface area contributed by atoms with Gasteiger partial charge in [-0.25, -0.2) is 0 Å². The monoisotopic (exact) mass is 360 g/mol. The third-order valence-electron chi connectivity index (χ3n) is 5.71. The van der Waals surface area contributed by atoms with Gasteiger partial charge >= 0.3 is 0 Å². The summed E-state index contributed by atoms with van der Waals surface area (Å²) >= 11 is 1.70. The van der Waals surface area contributed by atoms with Gasteiger partial charge in [0.15, 0.2) is 0 Å². The molecule has 2 amide bonds. The second-order valence-electron chi connectivity index (χ2n) is 7.53. The van der Waals surface area contributed by atoms with E-state index in [1.54, 1.807) is 11.8 Å². The molecule has 0 radical (unpaired) electrons. The number of hydrogen-bond acceptors (Lipinski definition) is 3. The number of likely N-dealkylation sites (tertiary alicyclic amines) is 2. The molecule has 2 heterocycles. The minimum Gasteiger partial charge on any atom is -0.342 e. The normalized spacial score (nSPS) is 22.9. The van der Waals surface area contributed by atoms with E-state index in [0.29, 0.717) is 11.0 Å². The Balaban J connectivity index is 1.64. The van der Waals surface area contributed by atoms with Gasteiger partial charge in [-0.2, -0.15) is 0 Å². The Kier molecular flexibility index (Phi) is 5.42. The topological polar surface area (TPSA) is 40.6 Å². The highest BCUT2D eigenvalue weighted by Crippen LogP contribution is 2.44. The van der Waals surface area contributed by atoms with Crippen molar-refractivity contribution < 1.29 is 9.59 Å². The fraction of sp³-hybridized carbons (Fsp3) is 0.600. The molecule has 0 bridgehead atoms. The molecule has 0 aromatic heterocycles. The number of benzene rings is 1. The second kappa shape index (κ2) is 7.40. The quantitative estimate of drug-likeness (QED) is 0.828. The maximum absolute atomic E-state index is 12.8. The number of carbonyl (C=O) groups excluding carboxylic acids is 2. The highest BCUT2D eigenvalue weighted by Gasteiger charge is 2.50. The maximum atomic E-state index is 12.8. The fourth-order valence-corrected chi connectivity index (χ4v) is 4.72. The Morgan fingerprint density at radius 3 is 2.48 bits per heavy atom. The third-order valence-corrected chi connectivity index (χ3v) is 6.79. The summed E-state index contributed by atoms with van der Waals surface area (Å²) in [6, 6.07) is 10.1. The molecule has 2 fully saturated rings. The SMILES string of the molecule is CC(C)SCC(=O)N1CCC2(CC1)C[C@H](c1ccccc1)C(=O)N2C. The molecule has 1 atom stereocenters. The van der Waals surface area contributed by atoms with Crippen LogP contribution < -0.4 is 0 Å². The van der Waals surface area contributed by atoms with E-state index >= 15 is 0 Å². The van der Waals surface area contributed by atoms with E-state index in [1.165, 1.54) is 0 Å². The molecule has 136 valence electrons. The standard InChI is InChI=1S/C20H28N2O2S/c1-15(2)25-14-18(23)22-11-9-20(10-12-22)13-17(19(24)21(20)3)16-7-5-4-6-8-16/h4-8,15,17H,9-14H2,1-3H3/t17-/m1/s1. The molecule has 5 heteroatoms. The number of hydrogen-bond donors (Lipinski definition) is 0. The molecule has 0 unspecified atom stereocenters. The summed E-state index contributed by atoms with van der Waals surface area (Å²) in [6.45, 7) is 5.76. The van der Waals surface area contributed by atoms with Crippen LogP contribution in [0.25, 0.3) is 0 Å². The zero-order valence-corrected chi connectivity index (χ0v) is 16.2. The molecule has 3 rings (SSSR count). The highest BCUT2D eigenvalue weighted by atomic mass is 32.2. The van der Waals surface area contributed by atoms with Crippen molar-refractivity contribution >= 4 is 23.6 Å². The van der Waals surface area contributed by atoms with Crippen molar-refractivity contribution in [2.24, 2.45) is 0 Å². The van der Waals surface area contributed by atoms with Crippen molar-refractivity contribution in [2.75, 3.05) is 25.9 Å². The minimum atomic E-state index is -0.0838. The van der Waals surface area contributed by atoms with E-state index in [1.807, 2.05) is 35.0 Å². The fourth-order valence-electron chi connectivity index (χ4n) is 4.06. The van der Waals surface area contributed by atoms with Crippen LogP contribution in [0.2, 0.25) is 0 Å². The van der Waals surface area contributed by atoms with Crippen LogP contribution in [0, 0.1) is 0 Å². The molecule has 2 saturated heterocycles. The van der Waals surface area contributed by atoms with Crippen molar-refractivity contribution in [3.05, 3.63) is 35.9 Å². The van der Waals surface area contributed by atoms with Gasteiger partial charge in [-0.1, -0.05) is 44.2 Å². The predicted molar refractivity (Wildman–Crippen MR) is 103 cm³/mol. The van der Waals surface area contributed by atoms with Crippen LogP contribution in [-0.4, -0.2) is 58.3 Å². The molecule has 1 aromatic rings. The molecular formula is C20H28N2O2S. The van der Waals surface area contributed by atoms with Crippen molar-refractivity contribution in [3.8, 4) is 0 Å². The summed E-state index contributed by atoms with van der Waals surface area (Å²) in [7, 11) is 1.94. The smallest absolute Gasteiger partial charge is 0.232 e. The first-order valence-corrected chi connectivity index (χ1v) is 10.2. The highest BCUT2D eigenvalue weighted by molar-refractivity contribution is 8.00. The maximum Gasteiger partial charge on any atom is 0.232 e. The summed E-state index contributed by atoms with van der Waals surface area (Å²) in [6.07, 6.45) is 2.64. The minimum absolute atomic E-state index is 0.0371. The van der Waals surface area contributed by atoms with Gasteiger partial charge in [-0.3, -0.25) is 9.59 Å². The van der Waals surface area contributed by atoms with Gasteiger partial charge < -0.3 is 9.80 Å². The lowest BCUT2D eigenvalue weighted by atomic mass is 9.81. The van der Waals surface area contributed by atoms with Crippen LogP contribution in [0.1, 0.15) is 44.6 Å². The average molecular weight is 361 g/mol. The zero-order valence-electron chi connectivity index (χ0n) is 15.4. The van der Waals surface area contributed by atoms with Gasteiger partial charge in [0.25, 0.3) is 0 Å². The number of nitrogens with zero attached hydrogens (tertiary/aromatic N) is 2. The number of thioether (sulfide) groups is 1. The molecule has 4 nitrogen and oxygen atoms in total. The lowest BCUT2D eigenvalue weighted by Crippen LogP contribution is -2.53. The molecule has 1 spiro atoms. The van der Waals surface area contributed by atoms with Crippen LogP contribution in [0.5, 0.6) is 0 Å². The molecule has 0 N–H and O–H groups in total. The summed E-state index contributed by atoms with van der Waals surface area (Å²) < 4.78 is 0. The van der Waals surface area contributed by atoms with E-state index in [4.69, 9.17) is 0 Å². The lowest BCUT2D eigenvalue weighted by molar-refractivity contribution is -0.134. The van der Waals surface area contributed by atoms with E-state index in [2.05, 4.69) is 26.0 Å². The molecule has 1 aromatic carbocycles. The summed E-state index contributed by atoms with van der Waals surface area (Å²) in [4.78, 5) is 29.1. The van der Waals surface area contributed by atoms with E-state index < -0.39 is 0 Å². The van der Waals surface area contributed by atoms with Crippen molar-refractivity contribution in [2.45, 2.75) is 49.8 Å². The Labute approximate surface area is 154 Å². The summed E-state index contributed by atoms with van der Waals surface area (Å²) in [5, 5.41) is 0.477. The lowest BCUT2D eigenvalue weighted by Gasteiger charge is -2.43. The molecule has 0 saturated carbocycles. The number of carbonyl (C=O) groups is 2. The van der Waals surface area contributed by atoms with Gasteiger partial charge in [0, 0.05) is 25.7 Å². The van der Waals surface area contributed by atoms with Crippen LogP contribution in [0.15, 0.2) is 30.3 Å². The van der Waals surface area contributed by atoms with Gasteiger partial charge in [-0.15, -0.1) is 11.8 Å². The molecular weight excluding hydrogens is 332 g/mol. The largest absolute Gasteiger partial charge is 0.342 e. The average Bonchev–Trinajstić information content (AvgIpc) is 2.86. The Morgan fingerprint density at radius 2 is 1.88 bits per heavy atom. The van der Waals surface area contributed by atoms with Gasteiger partial charge in [0.05, 0.1) is 11.7 Å². The van der Waals surface area contributed by atoms with E-state index in [9.17, 15) is 9.59 Å². The molecule has 25 heavy (non-hydrogen) atoms. The van der Waals surface area contributed by atoms with Crippen LogP contribution >= 0.6 is 11.8 Å². The van der Waals surface area contributed by atoms with Crippen molar-refractivity contribution in [3.63, 3.8) is 0 Å². The van der Waals surface area contributed by atoms with Crippen LogP contribution in [-0.2, 0) is 9.59 Å². The van der Waals surface area contributed by atoms with Gasteiger partial charge in [0.1, 0.15) is 0 Å². The van der Waals surface area contributed by atoms with Crippen molar-refractivity contribution in [1.82, 2.24) is 9.80 Å². The molecule has 0 aliphatic carbocycles. The van der Waals surface area contributed by atoms with E-state index in [0.717, 1.165) is 37.9 Å². The first-order chi connectivity index (χ1) is 11.9. The van der Waals surface area contributed by atoms with Gasteiger partial charge in [-0.05, 0) is 30.1 Å². The predicted octanol–water partition coefficient (Wildman–Crippen LogP) is 3.14. The second-order valence-corrected chi connectivity index (χ2v) is 9.09. The van der Waals surface area contributed by atoms with Crippen LogP contribution in [0.4, 0.5) is 0 Å². The first kappa shape index (κ1) is 18.3. The van der Waals surface area contributed by atoms with E-state index in [-0.39, 0.29) is 23.3 Å². The Morgan fingerprint density at radius 1 is 1.24 bits per heavy atom. The third kappa shape index (κ3) is 3.71. The zero-order chi connectivity index (χ0) is 18.0. The molecule has 2 aliphatic rings. The molecule has 2 aliphatic heterocycles. The Bertz CT molecular complexity index is 624. The number of piperidine rings is 1. The van der Waals surface area contributed by atoms with Crippen LogP contribution in [0.3, 0.4) is 0 Å². The first-order valence-electron chi connectivity index (χ1n) is 9.15. The van der Waals surface area contributed by atoms with Crippen molar-refractivity contribution in [1.29, 1.82) is 0 Å². The number of rotatable bonds is 4.